The van der Waals surface area contributed by atoms with Gasteiger partial charge in [0.25, 0.3) is 0 Å². The van der Waals surface area contributed by atoms with Gasteiger partial charge in [0, 0.05) is 31.8 Å². The summed E-state index contributed by atoms with van der Waals surface area (Å²) in [6.45, 7) is 5.99. The zero-order valence-corrected chi connectivity index (χ0v) is 14.5. The summed E-state index contributed by atoms with van der Waals surface area (Å²) in [5.74, 6) is 0.746. The maximum Gasteiger partial charge on any atom is 0.191 e. The summed E-state index contributed by atoms with van der Waals surface area (Å²) in [4.78, 5) is 4.58. The normalized spacial score (nSPS) is 14.5. The first-order valence-corrected chi connectivity index (χ1v) is 7.80. The van der Waals surface area contributed by atoms with E-state index in [4.69, 9.17) is 21.1 Å². The zero-order valence-electron chi connectivity index (χ0n) is 13.7. The monoisotopic (exact) mass is 327 g/mol. The van der Waals surface area contributed by atoms with Crippen molar-refractivity contribution < 1.29 is 9.47 Å². The number of hydrogen-bond donors (Lipinski definition) is 2. The molecule has 1 aromatic rings. The van der Waals surface area contributed by atoms with Crippen LogP contribution in [0.15, 0.2) is 29.3 Å². The summed E-state index contributed by atoms with van der Waals surface area (Å²) in [6, 6.07) is 7.83. The smallest absolute Gasteiger partial charge is 0.191 e. The van der Waals surface area contributed by atoms with E-state index in [1.165, 1.54) is 0 Å². The summed E-state index contributed by atoms with van der Waals surface area (Å²) < 4.78 is 10.7. The number of rotatable bonds is 8. The molecule has 0 bridgehead atoms. The Morgan fingerprint density at radius 2 is 2.14 bits per heavy atom. The predicted molar refractivity (Wildman–Crippen MR) is 91.7 cm³/mol. The van der Waals surface area contributed by atoms with Crippen LogP contribution in [0.2, 0.25) is 5.02 Å². The summed E-state index contributed by atoms with van der Waals surface area (Å²) >= 11 is 6.03. The largest absolute Gasteiger partial charge is 0.383 e. The highest BCUT2D eigenvalue weighted by molar-refractivity contribution is 6.30. The SMILES string of the molecule is CCNC(=NCC(OC)c1cccc(Cl)c1)NC(C)COC. The van der Waals surface area contributed by atoms with Crippen LogP contribution in [0.3, 0.4) is 0 Å². The molecule has 0 aliphatic carbocycles. The van der Waals surface area contributed by atoms with E-state index in [2.05, 4.69) is 15.6 Å². The van der Waals surface area contributed by atoms with Gasteiger partial charge in [-0.3, -0.25) is 4.99 Å². The van der Waals surface area contributed by atoms with Gasteiger partial charge in [-0.25, -0.2) is 0 Å². The van der Waals surface area contributed by atoms with Crippen molar-refractivity contribution in [3.63, 3.8) is 0 Å². The Kier molecular flexibility index (Phi) is 8.89. The second-order valence-electron chi connectivity index (χ2n) is 5.00. The van der Waals surface area contributed by atoms with E-state index in [1.54, 1.807) is 14.2 Å². The van der Waals surface area contributed by atoms with Crippen LogP contribution in [0.4, 0.5) is 0 Å². The van der Waals surface area contributed by atoms with Crippen LogP contribution >= 0.6 is 11.6 Å². The van der Waals surface area contributed by atoms with Gasteiger partial charge in [0.05, 0.1) is 13.2 Å². The molecule has 5 nitrogen and oxygen atoms in total. The van der Waals surface area contributed by atoms with Crippen molar-refractivity contribution in [2.75, 3.05) is 33.9 Å². The van der Waals surface area contributed by atoms with Gasteiger partial charge in [0.2, 0.25) is 0 Å². The number of aliphatic imine (C=N–C) groups is 1. The van der Waals surface area contributed by atoms with Crippen LogP contribution in [-0.2, 0) is 9.47 Å². The highest BCUT2D eigenvalue weighted by Gasteiger charge is 2.11. The summed E-state index contributed by atoms with van der Waals surface area (Å²) in [6.07, 6.45) is -0.133. The molecule has 0 spiro atoms. The Morgan fingerprint density at radius 1 is 1.36 bits per heavy atom. The minimum Gasteiger partial charge on any atom is -0.383 e. The van der Waals surface area contributed by atoms with E-state index >= 15 is 0 Å². The van der Waals surface area contributed by atoms with Gasteiger partial charge in [0.1, 0.15) is 6.10 Å². The fourth-order valence-corrected chi connectivity index (χ4v) is 2.24. The molecule has 0 aliphatic heterocycles. The topological polar surface area (TPSA) is 54.9 Å². The van der Waals surface area contributed by atoms with E-state index in [-0.39, 0.29) is 12.1 Å². The van der Waals surface area contributed by atoms with E-state index in [9.17, 15) is 0 Å². The molecule has 22 heavy (non-hydrogen) atoms. The van der Waals surface area contributed by atoms with Crippen molar-refractivity contribution in [2.24, 2.45) is 4.99 Å². The minimum atomic E-state index is -0.133. The zero-order chi connectivity index (χ0) is 16.4. The molecular formula is C16H26ClN3O2. The van der Waals surface area contributed by atoms with Crippen molar-refractivity contribution >= 4 is 17.6 Å². The molecule has 0 saturated heterocycles. The average molecular weight is 328 g/mol. The van der Waals surface area contributed by atoms with Crippen LogP contribution in [0.5, 0.6) is 0 Å². The van der Waals surface area contributed by atoms with E-state index in [0.717, 1.165) is 18.1 Å². The molecule has 0 radical (unpaired) electrons. The molecule has 2 atom stereocenters. The van der Waals surface area contributed by atoms with Crippen LogP contribution in [0.25, 0.3) is 0 Å². The molecule has 0 fully saturated rings. The van der Waals surface area contributed by atoms with Gasteiger partial charge >= 0.3 is 0 Å². The number of nitrogens with zero attached hydrogens (tertiary/aromatic N) is 1. The lowest BCUT2D eigenvalue weighted by Gasteiger charge is -2.19. The molecule has 0 saturated carbocycles. The first kappa shape index (κ1) is 18.7. The Labute approximate surface area is 138 Å². The molecule has 2 N–H and O–H groups in total. The van der Waals surface area contributed by atoms with Crippen molar-refractivity contribution in [2.45, 2.75) is 26.0 Å². The van der Waals surface area contributed by atoms with E-state index in [1.807, 2.05) is 38.1 Å². The van der Waals surface area contributed by atoms with Gasteiger partial charge in [0.15, 0.2) is 5.96 Å². The third-order valence-electron chi connectivity index (χ3n) is 3.06. The number of ether oxygens (including phenoxy) is 2. The minimum absolute atomic E-state index is 0.133. The van der Waals surface area contributed by atoms with Crippen molar-refractivity contribution in [1.82, 2.24) is 10.6 Å². The lowest BCUT2D eigenvalue weighted by molar-refractivity contribution is 0.111. The van der Waals surface area contributed by atoms with Crippen molar-refractivity contribution in [1.29, 1.82) is 0 Å². The fourth-order valence-electron chi connectivity index (χ4n) is 2.04. The fraction of sp³-hybridized carbons (Fsp3) is 0.562. The lowest BCUT2D eigenvalue weighted by Crippen LogP contribution is -2.44. The predicted octanol–water partition coefficient (Wildman–Crippen LogP) is 2.62. The Morgan fingerprint density at radius 3 is 2.73 bits per heavy atom. The van der Waals surface area contributed by atoms with Crippen LogP contribution in [0.1, 0.15) is 25.5 Å². The Bertz CT molecular complexity index is 468. The van der Waals surface area contributed by atoms with Gasteiger partial charge < -0.3 is 20.1 Å². The van der Waals surface area contributed by atoms with Crippen molar-refractivity contribution in [3.05, 3.63) is 34.9 Å². The third kappa shape index (κ3) is 6.64. The summed E-state index contributed by atoms with van der Waals surface area (Å²) in [5.41, 5.74) is 1.01. The average Bonchev–Trinajstić information content (AvgIpc) is 2.48. The molecule has 6 heteroatoms. The number of halogens is 1. The standard InChI is InChI=1S/C16H26ClN3O2/c1-5-18-16(20-12(2)11-21-3)19-10-15(22-4)13-7-6-8-14(17)9-13/h6-9,12,15H,5,10-11H2,1-4H3,(H2,18,19,20). The van der Waals surface area contributed by atoms with Crippen LogP contribution in [0, 0.1) is 0 Å². The van der Waals surface area contributed by atoms with Gasteiger partial charge in [-0.1, -0.05) is 23.7 Å². The first-order valence-electron chi connectivity index (χ1n) is 7.42. The highest BCUT2D eigenvalue weighted by atomic mass is 35.5. The summed E-state index contributed by atoms with van der Waals surface area (Å²) in [5, 5.41) is 7.21. The Balaban J connectivity index is 2.73. The van der Waals surface area contributed by atoms with Crippen molar-refractivity contribution in [3.8, 4) is 0 Å². The highest BCUT2D eigenvalue weighted by Crippen LogP contribution is 2.20. The second kappa shape index (κ2) is 10.4. The second-order valence-corrected chi connectivity index (χ2v) is 5.44. The number of benzene rings is 1. The molecule has 1 aromatic carbocycles. The molecule has 124 valence electrons. The maximum atomic E-state index is 6.03. The van der Waals surface area contributed by atoms with Gasteiger partial charge in [-0.2, -0.15) is 0 Å². The third-order valence-corrected chi connectivity index (χ3v) is 3.30. The van der Waals surface area contributed by atoms with E-state index in [0.29, 0.717) is 18.2 Å². The molecular weight excluding hydrogens is 302 g/mol. The number of guanidine groups is 1. The number of methoxy groups -OCH3 is 2. The quantitative estimate of drug-likeness (QED) is 0.569. The molecule has 0 amide bonds. The van der Waals surface area contributed by atoms with Gasteiger partial charge in [-0.15, -0.1) is 0 Å². The van der Waals surface area contributed by atoms with Crippen LogP contribution in [-0.4, -0.2) is 45.9 Å². The molecule has 2 unspecified atom stereocenters. The first-order chi connectivity index (χ1) is 10.6. The molecule has 1 rings (SSSR count). The Hall–Kier alpha value is -1.30. The van der Waals surface area contributed by atoms with Gasteiger partial charge in [-0.05, 0) is 31.5 Å². The molecule has 0 aliphatic rings. The summed E-state index contributed by atoms with van der Waals surface area (Å²) in [7, 11) is 3.36. The lowest BCUT2D eigenvalue weighted by atomic mass is 10.1. The van der Waals surface area contributed by atoms with E-state index < -0.39 is 0 Å². The molecule has 0 aromatic heterocycles. The van der Waals surface area contributed by atoms with Crippen LogP contribution < -0.4 is 10.6 Å². The number of hydrogen-bond acceptors (Lipinski definition) is 3. The molecule has 0 heterocycles. The number of nitrogens with one attached hydrogen (secondary N) is 2. The maximum absolute atomic E-state index is 6.03.